The lowest BCUT2D eigenvalue weighted by molar-refractivity contribution is -0.132. The molecular formula is C20H22N4O2S. The molecule has 1 aliphatic heterocycles. The van der Waals surface area contributed by atoms with Crippen molar-refractivity contribution < 1.29 is 9.90 Å². The fraction of sp³-hybridized carbons (Fsp3) is 0.350. The molecule has 4 rings (SSSR count). The van der Waals surface area contributed by atoms with Crippen LogP contribution in [0.15, 0.2) is 41.8 Å². The number of carbonyl (C=O) groups excluding carboxylic acids is 1. The number of aromatic nitrogens is 3. The quantitative estimate of drug-likeness (QED) is 0.736. The highest BCUT2D eigenvalue weighted by Crippen LogP contribution is 2.24. The van der Waals surface area contributed by atoms with E-state index in [1.165, 1.54) is 0 Å². The van der Waals surface area contributed by atoms with E-state index >= 15 is 0 Å². The number of thiazole rings is 1. The van der Waals surface area contributed by atoms with Gasteiger partial charge in [0.2, 0.25) is 5.91 Å². The van der Waals surface area contributed by atoms with Crippen LogP contribution in [0, 0.1) is 0 Å². The van der Waals surface area contributed by atoms with Crippen LogP contribution in [-0.4, -0.2) is 37.2 Å². The number of rotatable bonds is 5. The number of carbonyl (C=O) groups is 1. The lowest BCUT2D eigenvalue weighted by Gasteiger charge is -2.27. The Labute approximate surface area is 162 Å². The number of hydrogen-bond acceptors (Lipinski definition) is 5. The zero-order valence-corrected chi connectivity index (χ0v) is 16.0. The zero-order valence-electron chi connectivity index (χ0n) is 15.2. The number of nitrogens with zero attached hydrogens (tertiary/aromatic N) is 4. The smallest absolute Gasteiger partial charge is 0.229 e. The maximum atomic E-state index is 12.7. The maximum Gasteiger partial charge on any atom is 0.229 e. The van der Waals surface area contributed by atoms with Gasteiger partial charge in [-0.3, -0.25) is 9.48 Å². The number of benzene rings is 1. The molecule has 0 fully saturated rings. The second-order valence-corrected chi connectivity index (χ2v) is 7.57. The summed E-state index contributed by atoms with van der Waals surface area (Å²) in [6.07, 6.45) is 0.396. The van der Waals surface area contributed by atoms with Crippen LogP contribution >= 0.6 is 11.3 Å². The Morgan fingerprint density at radius 2 is 2.11 bits per heavy atom. The standard InChI is InChI=1S/C20H22N4O2S/c1-2-18(25)17-11-16-12-23(8-9-24(16)22-17)19(26)10-15-13-27-20(21-15)14-6-4-3-5-7-14/h3-7,11,13,18,25H,2,8-10,12H2,1H3/t18-/m1/s1. The molecule has 1 aromatic carbocycles. The van der Waals surface area contributed by atoms with E-state index in [1.54, 1.807) is 11.3 Å². The number of fused-ring (bicyclic) bond motifs is 1. The van der Waals surface area contributed by atoms with Crippen LogP contribution in [0.3, 0.4) is 0 Å². The summed E-state index contributed by atoms with van der Waals surface area (Å²) in [6.45, 7) is 3.74. The molecule has 0 radical (unpaired) electrons. The third-order valence-corrected chi connectivity index (χ3v) is 5.74. The van der Waals surface area contributed by atoms with E-state index < -0.39 is 6.10 Å². The molecule has 1 atom stereocenters. The molecule has 27 heavy (non-hydrogen) atoms. The highest BCUT2D eigenvalue weighted by molar-refractivity contribution is 7.13. The topological polar surface area (TPSA) is 71.2 Å². The zero-order chi connectivity index (χ0) is 18.8. The normalized spacial score (nSPS) is 14.8. The summed E-state index contributed by atoms with van der Waals surface area (Å²) in [5.74, 6) is 0.0740. The molecule has 3 aromatic rings. The van der Waals surface area contributed by atoms with E-state index in [9.17, 15) is 9.90 Å². The van der Waals surface area contributed by atoms with Crippen LogP contribution in [0.1, 0.15) is 36.5 Å². The first-order valence-electron chi connectivity index (χ1n) is 9.16. The van der Waals surface area contributed by atoms with Crippen LogP contribution in [0.4, 0.5) is 0 Å². The van der Waals surface area contributed by atoms with Gasteiger partial charge in [-0.15, -0.1) is 11.3 Å². The number of hydrogen-bond donors (Lipinski definition) is 1. The molecule has 0 aliphatic carbocycles. The van der Waals surface area contributed by atoms with Crippen LogP contribution in [0.25, 0.3) is 10.6 Å². The van der Waals surface area contributed by atoms with Crippen molar-refractivity contribution in [3.8, 4) is 10.6 Å². The molecule has 0 bridgehead atoms. The minimum atomic E-state index is -0.543. The summed E-state index contributed by atoms with van der Waals surface area (Å²) in [5, 5.41) is 17.3. The lowest BCUT2D eigenvalue weighted by Crippen LogP contribution is -2.39. The van der Waals surface area contributed by atoms with Gasteiger partial charge in [-0.25, -0.2) is 4.98 Å². The molecule has 3 heterocycles. The minimum absolute atomic E-state index is 0.0740. The minimum Gasteiger partial charge on any atom is -0.387 e. The van der Waals surface area contributed by atoms with Gasteiger partial charge in [-0.05, 0) is 12.5 Å². The predicted molar refractivity (Wildman–Crippen MR) is 104 cm³/mol. The molecule has 6 nitrogen and oxygen atoms in total. The second-order valence-electron chi connectivity index (χ2n) is 6.71. The lowest BCUT2D eigenvalue weighted by atomic mass is 10.2. The molecule has 0 saturated carbocycles. The van der Waals surface area contributed by atoms with Gasteiger partial charge < -0.3 is 10.0 Å². The third kappa shape index (κ3) is 3.79. The first-order chi connectivity index (χ1) is 13.1. The van der Waals surface area contributed by atoms with Gasteiger partial charge in [-0.1, -0.05) is 37.3 Å². The van der Waals surface area contributed by atoms with Crippen LogP contribution in [0.5, 0.6) is 0 Å². The Bertz CT molecular complexity index is 935. The largest absolute Gasteiger partial charge is 0.387 e. The summed E-state index contributed by atoms with van der Waals surface area (Å²) in [4.78, 5) is 19.2. The van der Waals surface area contributed by atoms with Gasteiger partial charge in [0.25, 0.3) is 0 Å². The summed E-state index contributed by atoms with van der Waals surface area (Å²) in [6, 6.07) is 11.9. The van der Waals surface area contributed by atoms with Crippen molar-refractivity contribution in [2.45, 2.75) is 39.0 Å². The van der Waals surface area contributed by atoms with Crippen molar-refractivity contribution in [1.82, 2.24) is 19.7 Å². The first-order valence-corrected chi connectivity index (χ1v) is 10.0. The van der Waals surface area contributed by atoms with Crippen molar-refractivity contribution >= 4 is 17.2 Å². The summed E-state index contributed by atoms with van der Waals surface area (Å²) < 4.78 is 1.90. The van der Waals surface area contributed by atoms with Gasteiger partial charge in [0.15, 0.2) is 0 Å². The number of aliphatic hydroxyl groups excluding tert-OH is 1. The summed E-state index contributed by atoms with van der Waals surface area (Å²) in [7, 11) is 0. The van der Waals surface area contributed by atoms with Crippen molar-refractivity contribution in [3.63, 3.8) is 0 Å². The highest BCUT2D eigenvalue weighted by atomic mass is 32.1. The van der Waals surface area contributed by atoms with Crippen molar-refractivity contribution in [2.75, 3.05) is 6.54 Å². The van der Waals surface area contributed by atoms with Crippen molar-refractivity contribution in [2.24, 2.45) is 0 Å². The first kappa shape index (κ1) is 17.9. The molecule has 0 spiro atoms. The van der Waals surface area contributed by atoms with E-state index in [4.69, 9.17) is 0 Å². The molecule has 1 amide bonds. The Morgan fingerprint density at radius 1 is 1.30 bits per heavy atom. The Hall–Kier alpha value is -2.51. The molecular weight excluding hydrogens is 360 g/mol. The predicted octanol–water partition coefficient (Wildman–Crippen LogP) is 3.03. The average molecular weight is 382 g/mol. The van der Waals surface area contributed by atoms with E-state index in [0.717, 1.165) is 22.0 Å². The van der Waals surface area contributed by atoms with Crippen LogP contribution in [0.2, 0.25) is 0 Å². The summed E-state index contributed by atoms with van der Waals surface area (Å²) in [5.41, 5.74) is 3.55. The van der Waals surface area contributed by atoms with E-state index in [-0.39, 0.29) is 5.91 Å². The van der Waals surface area contributed by atoms with Gasteiger partial charge in [0.1, 0.15) is 5.01 Å². The monoisotopic (exact) mass is 382 g/mol. The van der Waals surface area contributed by atoms with E-state index in [2.05, 4.69) is 10.1 Å². The van der Waals surface area contributed by atoms with E-state index in [0.29, 0.717) is 38.2 Å². The molecule has 1 N–H and O–H groups in total. The molecule has 2 aromatic heterocycles. The fourth-order valence-corrected chi connectivity index (χ4v) is 4.07. The molecule has 1 aliphatic rings. The Kier molecular flexibility index (Phi) is 5.05. The summed E-state index contributed by atoms with van der Waals surface area (Å²) >= 11 is 1.57. The Balaban J connectivity index is 1.42. The highest BCUT2D eigenvalue weighted by Gasteiger charge is 2.24. The maximum absolute atomic E-state index is 12.7. The van der Waals surface area contributed by atoms with Crippen molar-refractivity contribution in [3.05, 3.63) is 58.9 Å². The van der Waals surface area contributed by atoms with Gasteiger partial charge >= 0.3 is 0 Å². The molecule has 7 heteroatoms. The molecule has 0 unspecified atom stereocenters. The van der Waals surface area contributed by atoms with Gasteiger partial charge in [-0.2, -0.15) is 5.10 Å². The van der Waals surface area contributed by atoms with Crippen LogP contribution in [-0.2, 0) is 24.3 Å². The number of aliphatic hydroxyl groups is 1. The van der Waals surface area contributed by atoms with Gasteiger partial charge in [0.05, 0.1) is 42.7 Å². The van der Waals surface area contributed by atoms with Crippen LogP contribution < -0.4 is 0 Å². The molecule has 140 valence electrons. The fourth-order valence-electron chi connectivity index (χ4n) is 3.24. The van der Waals surface area contributed by atoms with Gasteiger partial charge in [0, 0.05) is 17.5 Å². The Morgan fingerprint density at radius 3 is 2.89 bits per heavy atom. The average Bonchev–Trinajstić information content (AvgIpc) is 3.34. The number of amides is 1. The second kappa shape index (κ2) is 7.62. The van der Waals surface area contributed by atoms with E-state index in [1.807, 2.05) is 58.3 Å². The molecule has 0 saturated heterocycles. The third-order valence-electron chi connectivity index (χ3n) is 4.80. The van der Waals surface area contributed by atoms with Crippen molar-refractivity contribution in [1.29, 1.82) is 0 Å². The SMILES string of the molecule is CC[C@@H](O)c1cc2n(n1)CCN(C(=O)Cc1csc(-c3ccccc3)n1)C2.